The lowest BCUT2D eigenvalue weighted by atomic mass is 9.84. The summed E-state index contributed by atoms with van der Waals surface area (Å²) in [5.74, 6) is 1.36. The summed E-state index contributed by atoms with van der Waals surface area (Å²) in [6.45, 7) is 3.37. The number of hydrogen-bond donors (Lipinski definition) is 1. The van der Waals surface area contributed by atoms with Gasteiger partial charge in [-0.1, -0.05) is 12.1 Å². The molecule has 0 amide bonds. The Balaban J connectivity index is 0.00000380. The second kappa shape index (κ2) is 12.7. The first kappa shape index (κ1) is 29.5. The summed E-state index contributed by atoms with van der Waals surface area (Å²) in [5, 5.41) is 11.0. The van der Waals surface area contributed by atoms with Gasteiger partial charge in [-0.05, 0) is 66.6 Å². The summed E-state index contributed by atoms with van der Waals surface area (Å²) in [7, 11) is 3.24. The van der Waals surface area contributed by atoms with Crippen LogP contribution in [-0.2, 0) is 27.7 Å². The van der Waals surface area contributed by atoms with Crippen LogP contribution in [0.3, 0.4) is 0 Å². The molecule has 0 saturated carbocycles. The maximum absolute atomic E-state index is 13.1. The van der Waals surface area contributed by atoms with Crippen LogP contribution in [0.2, 0.25) is 0 Å². The van der Waals surface area contributed by atoms with Gasteiger partial charge in [0.05, 0.1) is 38.6 Å². The van der Waals surface area contributed by atoms with Gasteiger partial charge in [0.2, 0.25) is 0 Å². The van der Waals surface area contributed by atoms with Gasteiger partial charge >= 0.3 is 6.18 Å². The Hall–Kier alpha value is -2.04. The summed E-state index contributed by atoms with van der Waals surface area (Å²) >= 11 is 0. The Bertz CT molecular complexity index is 1030. The van der Waals surface area contributed by atoms with Gasteiger partial charge in [-0.15, -0.1) is 12.4 Å². The largest absolute Gasteiger partial charge is 0.493 e. The van der Waals surface area contributed by atoms with E-state index in [-0.39, 0.29) is 18.5 Å². The normalized spacial score (nSPS) is 19.9. The molecule has 37 heavy (non-hydrogen) atoms. The number of hydrogen-bond acceptors (Lipinski definition) is 6. The third-order valence-corrected chi connectivity index (χ3v) is 7.13. The molecule has 6 nitrogen and oxygen atoms in total. The fraction of sp³-hybridized carbons (Fsp3) is 0.556. The molecule has 206 valence electrons. The molecule has 2 aromatic rings. The van der Waals surface area contributed by atoms with Crippen LogP contribution in [0.1, 0.15) is 47.6 Å². The zero-order valence-electron chi connectivity index (χ0n) is 21.2. The number of piperidine rings is 1. The zero-order valence-corrected chi connectivity index (χ0v) is 22.0. The second-order valence-electron chi connectivity index (χ2n) is 9.40. The molecule has 1 unspecified atom stereocenters. The molecule has 2 aliphatic rings. The average molecular weight is 546 g/mol. The predicted molar refractivity (Wildman–Crippen MR) is 136 cm³/mol. The third-order valence-electron chi connectivity index (χ3n) is 7.13. The summed E-state index contributed by atoms with van der Waals surface area (Å²) in [5.41, 5.74) is 0.557. The van der Waals surface area contributed by atoms with Gasteiger partial charge in [0.25, 0.3) is 0 Å². The van der Waals surface area contributed by atoms with E-state index in [4.69, 9.17) is 18.9 Å². The highest BCUT2D eigenvalue weighted by Crippen LogP contribution is 2.38. The maximum Gasteiger partial charge on any atom is 0.416 e. The van der Waals surface area contributed by atoms with E-state index in [2.05, 4.69) is 4.90 Å². The van der Waals surface area contributed by atoms with Crippen LogP contribution in [-0.4, -0.2) is 63.7 Å². The van der Waals surface area contributed by atoms with Crippen molar-refractivity contribution in [2.24, 2.45) is 0 Å². The smallest absolute Gasteiger partial charge is 0.416 e. The highest BCUT2D eigenvalue weighted by atomic mass is 35.5. The van der Waals surface area contributed by atoms with E-state index in [1.54, 1.807) is 20.3 Å². The molecule has 0 bridgehead atoms. The number of halogens is 4. The molecule has 1 fully saturated rings. The first-order valence-corrected chi connectivity index (χ1v) is 12.3. The van der Waals surface area contributed by atoms with E-state index in [9.17, 15) is 18.3 Å². The van der Waals surface area contributed by atoms with Crippen molar-refractivity contribution in [3.05, 3.63) is 58.7 Å². The summed E-state index contributed by atoms with van der Waals surface area (Å²) in [6.07, 6.45) is -2.07. The highest BCUT2D eigenvalue weighted by Gasteiger charge is 2.37. The molecule has 1 saturated heterocycles. The molecule has 0 aliphatic carbocycles. The topological polar surface area (TPSA) is 60.4 Å². The number of rotatable bonds is 8. The molecule has 1 atom stereocenters. The molecule has 2 aromatic carbocycles. The van der Waals surface area contributed by atoms with Crippen LogP contribution in [0.25, 0.3) is 0 Å². The van der Waals surface area contributed by atoms with Crippen molar-refractivity contribution in [3.8, 4) is 11.5 Å². The van der Waals surface area contributed by atoms with Crippen molar-refractivity contribution in [2.75, 3.05) is 53.7 Å². The van der Waals surface area contributed by atoms with E-state index >= 15 is 0 Å². The molecule has 0 radical (unpaired) electrons. The minimum Gasteiger partial charge on any atom is -0.493 e. The van der Waals surface area contributed by atoms with Gasteiger partial charge in [0.1, 0.15) is 6.10 Å². The van der Waals surface area contributed by atoms with Gasteiger partial charge in [0.15, 0.2) is 11.5 Å². The number of fused-ring (bicyclic) bond motifs is 1. The van der Waals surface area contributed by atoms with Crippen LogP contribution in [0, 0.1) is 0 Å². The van der Waals surface area contributed by atoms with E-state index in [0.717, 1.165) is 30.5 Å². The lowest BCUT2D eigenvalue weighted by Crippen LogP contribution is -2.43. The predicted octanol–water partition coefficient (Wildman–Crippen LogP) is 5.15. The first-order valence-electron chi connectivity index (χ1n) is 12.3. The molecule has 2 aliphatic heterocycles. The number of methoxy groups -OCH3 is 2. The maximum atomic E-state index is 13.1. The van der Waals surface area contributed by atoms with E-state index in [1.807, 2.05) is 12.1 Å². The first-order chi connectivity index (χ1) is 17.2. The van der Waals surface area contributed by atoms with Crippen LogP contribution in [0.15, 0.2) is 36.4 Å². The number of nitrogens with zero attached hydrogens (tertiary/aromatic N) is 1. The van der Waals surface area contributed by atoms with Crippen molar-refractivity contribution in [1.29, 1.82) is 0 Å². The third kappa shape index (κ3) is 7.09. The Morgan fingerprint density at radius 3 is 2.46 bits per heavy atom. The fourth-order valence-corrected chi connectivity index (χ4v) is 4.97. The van der Waals surface area contributed by atoms with E-state index in [1.165, 1.54) is 11.6 Å². The number of benzene rings is 2. The van der Waals surface area contributed by atoms with Gasteiger partial charge in [-0.2, -0.15) is 13.2 Å². The Morgan fingerprint density at radius 1 is 1.08 bits per heavy atom. The van der Waals surface area contributed by atoms with E-state index < -0.39 is 17.3 Å². The fourth-order valence-electron chi connectivity index (χ4n) is 4.97. The lowest BCUT2D eigenvalue weighted by molar-refractivity contribution is -0.137. The molecule has 10 heteroatoms. The molecular weight excluding hydrogens is 511 g/mol. The standard InChI is InChI=1S/C27H34F3NO5.ClH/c1-33-23-15-19-5-4-13-36-25(22(19)17-24(23)34-2)18-35-14-12-31-10-8-26(32,9-11-31)20-6-3-7-21(16-20)27(28,29)30;/h3,6-7,15-17,25,32H,4-5,8-14,18H2,1-2H3;1H. The monoisotopic (exact) mass is 545 g/mol. The summed E-state index contributed by atoms with van der Waals surface area (Å²) in [6, 6.07) is 9.00. The van der Waals surface area contributed by atoms with Crippen molar-refractivity contribution < 1.29 is 37.2 Å². The van der Waals surface area contributed by atoms with E-state index in [0.29, 0.717) is 69.4 Å². The quantitative estimate of drug-likeness (QED) is 0.463. The SMILES string of the molecule is COc1cc2c(cc1OC)C(COCCN1CCC(O)(c3cccc(C(F)(F)F)c3)CC1)OCCC2.Cl. The van der Waals surface area contributed by atoms with Gasteiger partial charge < -0.3 is 29.0 Å². The summed E-state index contributed by atoms with van der Waals surface area (Å²) in [4.78, 5) is 2.16. The van der Waals surface area contributed by atoms with Gasteiger partial charge in [-0.25, -0.2) is 0 Å². The van der Waals surface area contributed by atoms with Crippen molar-refractivity contribution >= 4 is 12.4 Å². The number of likely N-dealkylation sites (tertiary alicyclic amines) is 1. The molecule has 4 rings (SSSR count). The Morgan fingerprint density at radius 2 is 1.78 bits per heavy atom. The number of aryl methyl sites for hydroxylation is 1. The van der Waals surface area contributed by atoms with Crippen LogP contribution in [0.5, 0.6) is 11.5 Å². The van der Waals surface area contributed by atoms with Crippen LogP contribution < -0.4 is 9.47 Å². The minimum absolute atomic E-state index is 0. The highest BCUT2D eigenvalue weighted by molar-refractivity contribution is 5.85. The molecule has 0 spiro atoms. The summed E-state index contributed by atoms with van der Waals surface area (Å²) < 4.78 is 62.2. The zero-order chi connectivity index (χ0) is 25.8. The van der Waals surface area contributed by atoms with Gasteiger partial charge in [-0.3, -0.25) is 0 Å². The van der Waals surface area contributed by atoms with Crippen molar-refractivity contribution in [2.45, 2.75) is 43.6 Å². The van der Waals surface area contributed by atoms with Crippen molar-refractivity contribution in [3.63, 3.8) is 0 Å². The second-order valence-corrected chi connectivity index (χ2v) is 9.40. The molecular formula is C27H35ClF3NO5. The molecule has 1 N–H and O–H groups in total. The average Bonchev–Trinajstić information content (AvgIpc) is 3.08. The Labute approximate surface area is 222 Å². The van der Waals surface area contributed by atoms with Crippen LogP contribution in [0.4, 0.5) is 13.2 Å². The number of alkyl halides is 3. The van der Waals surface area contributed by atoms with Gasteiger partial charge in [0, 0.05) is 26.2 Å². The lowest BCUT2D eigenvalue weighted by Gasteiger charge is -2.38. The van der Waals surface area contributed by atoms with Crippen molar-refractivity contribution in [1.82, 2.24) is 4.90 Å². The Kier molecular flexibility index (Phi) is 10.1. The molecule has 2 heterocycles. The number of aliphatic hydroxyl groups is 1. The van der Waals surface area contributed by atoms with Crippen LogP contribution >= 0.6 is 12.4 Å². The molecule has 0 aromatic heterocycles. The minimum atomic E-state index is -4.43. The number of ether oxygens (including phenoxy) is 4.